The van der Waals surface area contributed by atoms with Crippen LogP contribution in [0.1, 0.15) is 26.2 Å². The van der Waals surface area contributed by atoms with Crippen molar-refractivity contribution in [3.8, 4) is 0 Å². The van der Waals surface area contributed by atoms with E-state index in [1.54, 1.807) is 7.11 Å². The molecule has 0 heterocycles. The molecule has 1 aliphatic carbocycles. The average Bonchev–Trinajstić information content (AvgIpc) is 2.50. The van der Waals surface area contributed by atoms with Crippen LogP contribution in [-0.2, 0) is 9.53 Å². The first-order valence-electron chi connectivity index (χ1n) is 4.90. The van der Waals surface area contributed by atoms with Gasteiger partial charge in [0.2, 0.25) is 0 Å². The van der Waals surface area contributed by atoms with Crippen LogP contribution in [0.3, 0.4) is 0 Å². The highest BCUT2D eigenvalue weighted by Gasteiger charge is 2.30. The molecule has 0 aromatic heterocycles. The van der Waals surface area contributed by atoms with Crippen LogP contribution in [0.15, 0.2) is 0 Å². The molecular formula is C10H19NO2. The first kappa shape index (κ1) is 10.7. The minimum absolute atomic E-state index is 0.144. The molecule has 1 fully saturated rings. The largest absolute Gasteiger partial charge is 0.383 e. The number of rotatable bonds is 4. The number of carbonyl (C=O) groups is 1. The van der Waals surface area contributed by atoms with E-state index in [0.717, 1.165) is 19.3 Å². The van der Waals surface area contributed by atoms with Crippen LogP contribution in [0.2, 0.25) is 0 Å². The summed E-state index contributed by atoms with van der Waals surface area (Å²) in [6.45, 7) is 2.79. The summed E-state index contributed by atoms with van der Waals surface area (Å²) in [6, 6.07) is 0.474. The third-order valence-electron chi connectivity index (χ3n) is 2.87. The molecule has 0 N–H and O–H groups in total. The Hall–Kier alpha value is -0.410. The first-order valence-corrected chi connectivity index (χ1v) is 4.90. The molecular weight excluding hydrogens is 166 g/mol. The maximum atomic E-state index is 11.4. The molecule has 0 saturated heterocycles. The van der Waals surface area contributed by atoms with E-state index in [-0.39, 0.29) is 6.04 Å². The molecule has 0 radical (unpaired) electrons. The molecule has 13 heavy (non-hydrogen) atoms. The van der Waals surface area contributed by atoms with Gasteiger partial charge in [0.05, 0.1) is 12.6 Å². The van der Waals surface area contributed by atoms with Crippen molar-refractivity contribution in [1.29, 1.82) is 0 Å². The van der Waals surface area contributed by atoms with E-state index in [1.165, 1.54) is 0 Å². The summed E-state index contributed by atoms with van der Waals surface area (Å²) in [5, 5.41) is 0. The number of carbonyl (C=O) groups excluding carboxylic acids is 1. The number of ether oxygens (including phenoxy) is 1. The Labute approximate surface area is 80.1 Å². The highest BCUT2D eigenvalue weighted by molar-refractivity contribution is 5.85. The van der Waals surface area contributed by atoms with Gasteiger partial charge < -0.3 is 4.74 Å². The second kappa shape index (κ2) is 4.72. The number of methoxy groups -OCH3 is 1. The van der Waals surface area contributed by atoms with Crippen molar-refractivity contribution < 1.29 is 9.53 Å². The Balaban J connectivity index is 2.45. The van der Waals surface area contributed by atoms with Gasteiger partial charge in [-0.1, -0.05) is 0 Å². The molecule has 0 bridgehead atoms. The van der Waals surface area contributed by atoms with E-state index in [1.807, 2.05) is 7.05 Å². The fourth-order valence-electron chi connectivity index (χ4n) is 1.89. The van der Waals surface area contributed by atoms with Crippen molar-refractivity contribution in [2.24, 2.45) is 0 Å². The average molecular weight is 185 g/mol. The molecule has 0 aliphatic heterocycles. The summed E-state index contributed by atoms with van der Waals surface area (Å²) >= 11 is 0. The smallest absolute Gasteiger partial charge is 0.149 e. The second-order valence-electron chi connectivity index (χ2n) is 3.84. The van der Waals surface area contributed by atoms with Gasteiger partial charge >= 0.3 is 0 Å². The summed E-state index contributed by atoms with van der Waals surface area (Å²) < 4.78 is 5.07. The van der Waals surface area contributed by atoms with Gasteiger partial charge in [-0.15, -0.1) is 0 Å². The van der Waals surface area contributed by atoms with Crippen molar-refractivity contribution in [1.82, 2.24) is 4.90 Å². The molecule has 0 aromatic carbocycles. The van der Waals surface area contributed by atoms with Crippen molar-refractivity contribution in [2.75, 3.05) is 20.8 Å². The molecule has 2 unspecified atom stereocenters. The maximum absolute atomic E-state index is 11.4. The molecule has 0 aromatic rings. The predicted octanol–water partition coefficient (Wildman–Crippen LogP) is 1.07. The number of ketones is 1. The van der Waals surface area contributed by atoms with Crippen LogP contribution in [0, 0.1) is 0 Å². The number of likely N-dealkylation sites (N-methyl/N-ethyl adjacent to an activating group) is 1. The molecule has 1 rings (SSSR count). The van der Waals surface area contributed by atoms with Gasteiger partial charge in [-0.25, -0.2) is 0 Å². The minimum Gasteiger partial charge on any atom is -0.383 e. The normalized spacial score (nSPS) is 25.5. The van der Waals surface area contributed by atoms with Crippen LogP contribution in [0.25, 0.3) is 0 Å². The van der Waals surface area contributed by atoms with Crippen LogP contribution in [0.5, 0.6) is 0 Å². The van der Waals surface area contributed by atoms with E-state index >= 15 is 0 Å². The Bertz CT molecular complexity index is 182. The van der Waals surface area contributed by atoms with Crippen LogP contribution >= 0.6 is 0 Å². The van der Waals surface area contributed by atoms with Gasteiger partial charge in [-0.3, -0.25) is 9.69 Å². The summed E-state index contributed by atoms with van der Waals surface area (Å²) in [7, 11) is 3.71. The van der Waals surface area contributed by atoms with Crippen LogP contribution in [-0.4, -0.2) is 43.5 Å². The molecule has 0 amide bonds. The number of hydrogen-bond acceptors (Lipinski definition) is 3. The van der Waals surface area contributed by atoms with Gasteiger partial charge in [0.1, 0.15) is 5.78 Å². The monoisotopic (exact) mass is 185 g/mol. The lowest BCUT2D eigenvalue weighted by Crippen LogP contribution is -2.43. The molecule has 0 spiro atoms. The topological polar surface area (TPSA) is 29.5 Å². The third-order valence-corrected chi connectivity index (χ3v) is 2.87. The first-order chi connectivity index (χ1) is 6.16. The summed E-state index contributed by atoms with van der Waals surface area (Å²) in [4.78, 5) is 13.6. The van der Waals surface area contributed by atoms with Crippen LogP contribution < -0.4 is 0 Å². The van der Waals surface area contributed by atoms with E-state index in [4.69, 9.17) is 4.74 Å². The number of Topliss-reactive ketones (excluding diaryl/α,β-unsaturated/α-hetero) is 1. The highest BCUT2D eigenvalue weighted by Crippen LogP contribution is 2.20. The Kier molecular flexibility index (Phi) is 3.88. The minimum atomic E-state index is 0.144. The van der Waals surface area contributed by atoms with Gasteiger partial charge in [0, 0.05) is 19.6 Å². The fraction of sp³-hybridized carbons (Fsp3) is 0.900. The van der Waals surface area contributed by atoms with Crippen LogP contribution in [0.4, 0.5) is 0 Å². The van der Waals surface area contributed by atoms with Crippen molar-refractivity contribution in [3.63, 3.8) is 0 Å². The fourth-order valence-corrected chi connectivity index (χ4v) is 1.89. The lowest BCUT2D eigenvalue weighted by Gasteiger charge is -2.28. The maximum Gasteiger partial charge on any atom is 0.149 e. The highest BCUT2D eigenvalue weighted by atomic mass is 16.5. The van der Waals surface area contributed by atoms with E-state index in [9.17, 15) is 4.79 Å². The van der Waals surface area contributed by atoms with Crippen molar-refractivity contribution >= 4 is 5.78 Å². The zero-order valence-corrected chi connectivity index (χ0v) is 8.75. The molecule has 76 valence electrons. The van der Waals surface area contributed by atoms with Gasteiger partial charge in [-0.2, -0.15) is 0 Å². The zero-order valence-electron chi connectivity index (χ0n) is 8.75. The molecule has 1 saturated carbocycles. The second-order valence-corrected chi connectivity index (χ2v) is 3.84. The summed E-state index contributed by atoms with van der Waals surface area (Å²) in [5.41, 5.74) is 0. The van der Waals surface area contributed by atoms with Crippen molar-refractivity contribution in [2.45, 2.75) is 38.3 Å². The van der Waals surface area contributed by atoms with Crippen molar-refractivity contribution in [3.05, 3.63) is 0 Å². The molecule has 2 atom stereocenters. The molecule has 3 heteroatoms. The van der Waals surface area contributed by atoms with E-state index < -0.39 is 0 Å². The number of hydrogen-bond donors (Lipinski definition) is 0. The molecule has 3 nitrogen and oxygen atoms in total. The summed E-state index contributed by atoms with van der Waals surface area (Å²) in [6.07, 6.45) is 2.83. The SMILES string of the molecule is COCC(C)N(C)C1CCCC1=O. The predicted molar refractivity (Wildman–Crippen MR) is 51.7 cm³/mol. The van der Waals surface area contributed by atoms with E-state index in [2.05, 4.69) is 11.8 Å². The number of nitrogens with zero attached hydrogens (tertiary/aromatic N) is 1. The summed E-state index contributed by atoms with van der Waals surface area (Å²) in [5.74, 6) is 0.394. The molecule has 1 aliphatic rings. The van der Waals surface area contributed by atoms with Gasteiger partial charge in [0.15, 0.2) is 0 Å². The van der Waals surface area contributed by atoms with Gasteiger partial charge in [0.25, 0.3) is 0 Å². The zero-order chi connectivity index (χ0) is 9.84. The lowest BCUT2D eigenvalue weighted by molar-refractivity contribution is -0.122. The quantitative estimate of drug-likeness (QED) is 0.656. The van der Waals surface area contributed by atoms with Gasteiger partial charge in [-0.05, 0) is 26.8 Å². The Morgan fingerprint density at radius 1 is 1.69 bits per heavy atom. The Morgan fingerprint density at radius 2 is 2.38 bits per heavy atom. The standard InChI is InChI=1S/C10H19NO2/c1-8(7-13-3)11(2)9-5-4-6-10(9)12/h8-9H,4-7H2,1-3H3. The Morgan fingerprint density at radius 3 is 2.85 bits per heavy atom. The third kappa shape index (κ3) is 2.51. The van der Waals surface area contributed by atoms with E-state index in [0.29, 0.717) is 18.4 Å². The lowest BCUT2D eigenvalue weighted by atomic mass is 10.1.